The summed E-state index contributed by atoms with van der Waals surface area (Å²) in [5, 5.41) is 8.75. The Morgan fingerprint density at radius 1 is 1.86 bits per heavy atom. The average molecular weight is 196 g/mol. The predicted octanol–water partition coefficient (Wildman–Crippen LogP) is 0.539. The number of aromatic nitrogens is 2. The number of carbonyl (C=O) groups is 1. The highest BCUT2D eigenvalue weighted by Gasteiger charge is 2.21. The van der Waals surface area contributed by atoms with Gasteiger partial charge in [0.2, 0.25) is 5.88 Å². The number of hydrogen-bond acceptors (Lipinski definition) is 3. The van der Waals surface area contributed by atoms with E-state index in [9.17, 15) is 4.79 Å². The number of ether oxygens (including phenoxy) is 1. The van der Waals surface area contributed by atoms with E-state index in [1.54, 1.807) is 17.8 Å². The summed E-state index contributed by atoms with van der Waals surface area (Å²) in [4.78, 5) is 14.8. The summed E-state index contributed by atoms with van der Waals surface area (Å²) >= 11 is 0. The molecule has 0 bridgehead atoms. The molecule has 76 valence electrons. The highest BCUT2D eigenvalue weighted by atomic mass is 16.5. The molecule has 0 aliphatic carbocycles. The molecular formula is C9H12N2O3. The Kier molecular flexibility index (Phi) is 2.15. The van der Waals surface area contributed by atoms with Gasteiger partial charge in [-0.2, -0.15) is 0 Å². The van der Waals surface area contributed by atoms with Gasteiger partial charge in [0.1, 0.15) is 5.69 Å². The van der Waals surface area contributed by atoms with Gasteiger partial charge in [-0.1, -0.05) is 6.92 Å². The molecule has 0 saturated carbocycles. The lowest BCUT2D eigenvalue weighted by molar-refractivity contribution is -0.141. The van der Waals surface area contributed by atoms with Crippen molar-refractivity contribution >= 4 is 5.97 Å². The van der Waals surface area contributed by atoms with Crippen LogP contribution in [-0.2, 0) is 17.8 Å². The van der Waals surface area contributed by atoms with E-state index in [4.69, 9.17) is 9.84 Å². The topological polar surface area (TPSA) is 64.4 Å². The molecule has 1 aliphatic rings. The van der Waals surface area contributed by atoms with E-state index < -0.39 is 11.9 Å². The third-order valence-electron chi connectivity index (χ3n) is 2.33. The van der Waals surface area contributed by atoms with Crippen LogP contribution in [0.25, 0.3) is 0 Å². The van der Waals surface area contributed by atoms with Crippen molar-refractivity contribution in [3.63, 3.8) is 0 Å². The summed E-state index contributed by atoms with van der Waals surface area (Å²) in [6.45, 7) is 2.74. The largest absolute Gasteiger partial charge is 0.481 e. The molecule has 1 aromatic rings. The molecule has 0 fully saturated rings. The predicted molar refractivity (Wildman–Crippen MR) is 48.2 cm³/mol. The number of imidazole rings is 1. The second-order valence-electron chi connectivity index (χ2n) is 3.49. The Morgan fingerprint density at radius 3 is 3.36 bits per heavy atom. The van der Waals surface area contributed by atoms with Crippen molar-refractivity contribution in [1.29, 1.82) is 0 Å². The third kappa shape index (κ3) is 1.45. The molecule has 5 heteroatoms. The molecule has 0 spiro atoms. The average Bonchev–Trinajstić information content (AvgIpc) is 2.69. The zero-order valence-corrected chi connectivity index (χ0v) is 7.93. The van der Waals surface area contributed by atoms with Gasteiger partial charge in [0, 0.05) is 13.0 Å². The number of aliphatic carboxylic acids is 1. The first-order valence-electron chi connectivity index (χ1n) is 4.58. The fourth-order valence-corrected chi connectivity index (χ4v) is 1.50. The van der Waals surface area contributed by atoms with E-state index in [1.807, 2.05) is 0 Å². The summed E-state index contributed by atoms with van der Waals surface area (Å²) in [5.41, 5.74) is 0.933. The van der Waals surface area contributed by atoms with Gasteiger partial charge in [0.05, 0.1) is 18.9 Å². The van der Waals surface area contributed by atoms with E-state index in [-0.39, 0.29) is 0 Å². The van der Waals surface area contributed by atoms with Crippen LogP contribution in [0.2, 0.25) is 0 Å². The molecular weight excluding hydrogens is 184 g/mol. The monoisotopic (exact) mass is 196 g/mol. The second-order valence-corrected chi connectivity index (χ2v) is 3.49. The van der Waals surface area contributed by atoms with Gasteiger partial charge in [-0.15, -0.1) is 0 Å². The van der Waals surface area contributed by atoms with Gasteiger partial charge >= 0.3 is 5.97 Å². The van der Waals surface area contributed by atoms with Crippen molar-refractivity contribution in [2.45, 2.75) is 19.9 Å². The third-order valence-corrected chi connectivity index (χ3v) is 2.33. The molecule has 0 amide bonds. The van der Waals surface area contributed by atoms with Crippen molar-refractivity contribution in [1.82, 2.24) is 9.55 Å². The minimum Gasteiger partial charge on any atom is -0.481 e. The lowest BCUT2D eigenvalue weighted by atomic mass is 10.2. The molecule has 0 saturated heterocycles. The highest BCUT2D eigenvalue weighted by Crippen LogP contribution is 2.24. The summed E-state index contributed by atoms with van der Waals surface area (Å²) < 4.78 is 7.12. The fraction of sp³-hybridized carbons (Fsp3) is 0.556. The van der Waals surface area contributed by atoms with Crippen molar-refractivity contribution < 1.29 is 14.6 Å². The molecule has 1 aromatic heterocycles. The van der Waals surface area contributed by atoms with Crippen molar-refractivity contribution in [2.75, 3.05) is 6.61 Å². The van der Waals surface area contributed by atoms with Crippen LogP contribution in [0.1, 0.15) is 12.6 Å². The smallest absolute Gasteiger partial charge is 0.308 e. The van der Waals surface area contributed by atoms with Crippen molar-refractivity contribution in [3.05, 3.63) is 12.0 Å². The first kappa shape index (κ1) is 9.05. The summed E-state index contributed by atoms with van der Waals surface area (Å²) in [6, 6.07) is 0. The molecule has 2 rings (SSSR count). The molecule has 0 aromatic carbocycles. The van der Waals surface area contributed by atoms with Gasteiger partial charge in [-0.3, -0.25) is 4.79 Å². The van der Waals surface area contributed by atoms with Gasteiger partial charge in [0.15, 0.2) is 0 Å². The summed E-state index contributed by atoms with van der Waals surface area (Å²) in [6.07, 6.45) is 2.47. The van der Waals surface area contributed by atoms with Crippen LogP contribution < -0.4 is 4.74 Å². The molecule has 14 heavy (non-hydrogen) atoms. The van der Waals surface area contributed by atoms with Crippen LogP contribution in [-0.4, -0.2) is 27.2 Å². The highest BCUT2D eigenvalue weighted by molar-refractivity contribution is 5.69. The summed E-state index contributed by atoms with van der Waals surface area (Å²) in [5.74, 6) is -0.485. The van der Waals surface area contributed by atoms with E-state index in [1.165, 1.54) is 0 Å². The summed E-state index contributed by atoms with van der Waals surface area (Å²) in [7, 11) is 0. The van der Waals surface area contributed by atoms with E-state index in [2.05, 4.69) is 4.98 Å². The van der Waals surface area contributed by atoms with Crippen LogP contribution in [0, 0.1) is 5.92 Å². The number of carboxylic acid groups (broad SMARTS) is 1. The zero-order valence-electron chi connectivity index (χ0n) is 7.93. The molecule has 1 atom stereocenters. The number of nitrogens with zero attached hydrogens (tertiary/aromatic N) is 2. The van der Waals surface area contributed by atoms with E-state index in [0.717, 1.165) is 18.0 Å². The molecule has 0 radical (unpaired) electrons. The fourth-order valence-electron chi connectivity index (χ4n) is 1.50. The van der Waals surface area contributed by atoms with Crippen LogP contribution in [0.3, 0.4) is 0 Å². The minimum atomic E-state index is -0.801. The number of rotatable bonds is 3. The van der Waals surface area contributed by atoms with Crippen LogP contribution in [0.4, 0.5) is 0 Å². The molecule has 1 aliphatic heterocycles. The van der Waals surface area contributed by atoms with Crippen LogP contribution >= 0.6 is 0 Å². The first-order valence-corrected chi connectivity index (χ1v) is 4.58. The van der Waals surface area contributed by atoms with Gasteiger partial charge in [0.25, 0.3) is 0 Å². The zero-order chi connectivity index (χ0) is 10.1. The van der Waals surface area contributed by atoms with Gasteiger partial charge in [-0.05, 0) is 0 Å². The maximum atomic E-state index is 10.7. The van der Waals surface area contributed by atoms with Crippen LogP contribution in [0.15, 0.2) is 6.33 Å². The Morgan fingerprint density at radius 2 is 2.64 bits per heavy atom. The Labute approximate surface area is 81.3 Å². The molecule has 1 unspecified atom stereocenters. The van der Waals surface area contributed by atoms with Gasteiger partial charge in [-0.25, -0.2) is 4.98 Å². The van der Waals surface area contributed by atoms with Crippen molar-refractivity contribution in [2.24, 2.45) is 5.92 Å². The number of hydrogen-bond donors (Lipinski definition) is 1. The second kappa shape index (κ2) is 3.32. The van der Waals surface area contributed by atoms with E-state index >= 15 is 0 Å². The Bertz CT molecular complexity index is 359. The maximum absolute atomic E-state index is 10.7. The van der Waals surface area contributed by atoms with Crippen molar-refractivity contribution in [3.8, 4) is 5.88 Å². The van der Waals surface area contributed by atoms with Gasteiger partial charge < -0.3 is 14.4 Å². The maximum Gasteiger partial charge on any atom is 0.308 e. The Balaban J connectivity index is 2.14. The first-order chi connectivity index (χ1) is 6.68. The molecule has 5 nitrogen and oxygen atoms in total. The lowest BCUT2D eigenvalue weighted by Gasteiger charge is -2.09. The number of carboxylic acids is 1. The molecule has 1 N–H and O–H groups in total. The normalized spacial score (nSPS) is 16.1. The SMILES string of the molecule is CC(Cn1cnc2c1OCC2)C(=O)O. The standard InChI is InChI=1S/C9H12N2O3/c1-6(9(12)13)4-11-5-10-7-2-3-14-8(7)11/h5-6H,2-4H2,1H3,(H,12,13). The quantitative estimate of drug-likeness (QED) is 0.766. The Hall–Kier alpha value is -1.52. The minimum absolute atomic E-state index is 0.414. The van der Waals surface area contributed by atoms with E-state index in [0.29, 0.717) is 13.2 Å². The lowest BCUT2D eigenvalue weighted by Crippen LogP contribution is -2.16. The van der Waals surface area contributed by atoms with Crippen LogP contribution in [0.5, 0.6) is 5.88 Å². The number of fused-ring (bicyclic) bond motifs is 1. The molecule has 2 heterocycles.